The van der Waals surface area contributed by atoms with Gasteiger partial charge in [0.2, 0.25) is 10.0 Å². The second-order valence-corrected chi connectivity index (χ2v) is 7.94. The third-order valence-electron chi connectivity index (χ3n) is 4.10. The Morgan fingerprint density at radius 3 is 2.74 bits per heavy atom. The van der Waals surface area contributed by atoms with Crippen LogP contribution >= 0.6 is 0 Å². The minimum Gasteiger partial charge on any atom is -0.379 e. The second kappa shape index (κ2) is 11.2. The van der Waals surface area contributed by atoms with Crippen LogP contribution in [0.15, 0.2) is 34.2 Å². The Balaban J connectivity index is 1.71. The van der Waals surface area contributed by atoms with Gasteiger partial charge < -0.3 is 20.1 Å². The van der Waals surface area contributed by atoms with E-state index in [4.69, 9.17) is 14.6 Å². The highest BCUT2D eigenvalue weighted by molar-refractivity contribution is 7.89. The summed E-state index contributed by atoms with van der Waals surface area (Å²) in [5.74, 6) is 0.715. The number of guanidine groups is 1. The molecular formula is C18H30N4O4S. The zero-order chi connectivity index (χ0) is 19.5. The predicted octanol–water partition coefficient (Wildman–Crippen LogP) is 0.975. The number of hydrogen-bond acceptors (Lipinski definition) is 5. The molecule has 0 amide bonds. The lowest BCUT2D eigenvalue weighted by Gasteiger charge is -2.12. The van der Waals surface area contributed by atoms with Crippen LogP contribution in [0.25, 0.3) is 0 Å². The number of nitrogens with zero attached hydrogens (tertiary/aromatic N) is 1. The van der Waals surface area contributed by atoms with E-state index >= 15 is 0 Å². The summed E-state index contributed by atoms with van der Waals surface area (Å²) in [6.07, 6.45) is 3.36. The van der Waals surface area contributed by atoms with Crippen molar-refractivity contribution in [2.45, 2.75) is 43.7 Å². The van der Waals surface area contributed by atoms with Gasteiger partial charge in [0.25, 0.3) is 0 Å². The molecule has 0 aromatic heterocycles. The van der Waals surface area contributed by atoms with Crippen LogP contribution in [-0.4, -0.2) is 53.4 Å². The van der Waals surface area contributed by atoms with Crippen molar-refractivity contribution in [3.05, 3.63) is 29.8 Å². The molecule has 1 fully saturated rings. The molecule has 1 saturated heterocycles. The summed E-state index contributed by atoms with van der Waals surface area (Å²) in [5.41, 5.74) is 0.902. The third-order valence-corrected chi connectivity index (χ3v) is 5.03. The molecule has 1 aromatic carbocycles. The van der Waals surface area contributed by atoms with Gasteiger partial charge in [0.1, 0.15) is 0 Å². The first kappa shape index (κ1) is 21.6. The van der Waals surface area contributed by atoms with E-state index in [1.165, 1.54) is 12.1 Å². The van der Waals surface area contributed by atoms with Crippen LogP contribution in [0.4, 0.5) is 0 Å². The molecule has 9 heteroatoms. The first-order valence-corrected chi connectivity index (χ1v) is 10.9. The number of rotatable bonds is 10. The normalized spacial score (nSPS) is 17.9. The maximum atomic E-state index is 11.3. The predicted molar refractivity (Wildman–Crippen MR) is 105 cm³/mol. The SMILES string of the molecule is CCNC(=NCc1ccc(S(N)(=O)=O)cc1)NCCCOCC1CCCO1. The molecular weight excluding hydrogens is 368 g/mol. The van der Waals surface area contributed by atoms with Crippen LogP contribution in [0.3, 0.4) is 0 Å². The van der Waals surface area contributed by atoms with E-state index in [0.717, 1.165) is 44.5 Å². The highest BCUT2D eigenvalue weighted by Gasteiger charge is 2.14. The highest BCUT2D eigenvalue weighted by Crippen LogP contribution is 2.12. The molecule has 1 aliphatic rings. The number of benzene rings is 1. The van der Waals surface area contributed by atoms with E-state index in [1.807, 2.05) is 6.92 Å². The monoisotopic (exact) mass is 398 g/mol. The lowest BCUT2D eigenvalue weighted by molar-refractivity contribution is 0.0168. The number of hydrogen-bond donors (Lipinski definition) is 3. The summed E-state index contributed by atoms with van der Waals surface area (Å²) in [7, 11) is -3.67. The summed E-state index contributed by atoms with van der Waals surface area (Å²) in [6, 6.07) is 6.41. The Morgan fingerprint density at radius 1 is 1.33 bits per heavy atom. The van der Waals surface area contributed by atoms with Crippen molar-refractivity contribution >= 4 is 16.0 Å². The van der Waals surface area contributed by atoms with Gasteiger partial charge in [-0.2, -0.15) is 0 Å². The molecule has 1 aliphatic heterocycles. The van der Waals surface area contributed by atoms with Crippen LogP contribution in [0.5, 0.6) is 0 Å². The first-order valence-electron chi connectivity index (χ1n) is 9.32. The molecule has 0 spiro atoms. The molecule has 152 valence electrons. The largest absolute Gasteiger partial charge is 0.379 e. The van der Waals surface area contributed by atoms with Crippen LogP contribution < -0.4 is 15.8 Å². The maximum Gasteiger partial charge on any atom is 0.238 e. The van der Waals surface area contributed by atoms with Gasteiger partial charge in [-0.3, -0.25) is 0 Å². The van der Waals surface area contributed by atoms with Crippen molar-refractivity contribution in [1.29, 1.82) is 0 Å². The van der Waals surface area contributed by atoms with Crippen LogP contribution in [0, 0.1) is 0 Å². The van der Waals surface area contributed by atoms with E-state index in [2.05, 4.69) is 15.6 Å². The summed E-state index contributed by atoms with van der Waals surface area (Å²) in [6.45, 7) is 6.15. The van der Waals surface area contributed by atoms with E-state index in [1.54, 1.807) is 12.1 Å². The van der Waals surface area contributed by atoms with Gasteiger partial charge in [0.05, 0.1) is 24.2 Å². The van der Waals surface area contributed by atoms with Gasteiger partial charge in [0.15, 0.2) is 5.96 Å². The Bertz CT molecular complexity index is 686. The van der Waals surface area contributed by atoms with E-state index in [0.29, 0.717) is 25.7 Å². The number of aliphatic imine (C=N–C) groups is 1. The first-order chi connectivity index (χ1) is 13.0. The average molecular weight is 399 g/mol. The molecule has 0 bridgehead atoms. The molecule has 1 atom stereocenters. The number of primary sulfonamides is 1. The van der Waals surface area contributed by atoms with Gasteiger partial charge in [-0.1, -0.05) is 12.1 Å². The second-order valence-electron chi connectivity index (χ2n) is 6.37. The van der Waals surface area contributed by atoms with Gasteiger partial charge in [-0.05, 0) is 43.9 Å². The fourth-order valence-corrected chi connectivity index (χ4v) is 3.18. The van der Waals surface area contributed by atoms with Crippen molar-refractivity contribution in [3.63, 3.8) is 0 Å². The molecule has 8 nitrogen and oxygen atoms in total. The lowest BCUT2D eigenvalue weighted by Crippen LogP contribution is -2.38. The van der Waals surface area contributed by atoms with Crippen LogP contribution in [0.1, 0.15) is 31.7 Å². The standard InChI is InChI=1S/C18H30N4O4S/c1-2-20-18(21-10-4-11-25-14-16-5-3-12-26-16)22-13-15-6-8-17(9-7-15)27(19,23)24/h6-9,16H,2-5,10-14H2,1H3,(H2,19,23,24)(H2,20,21,22). The summed E-state index contributed by atoms with van der Waals surface area (Å²) in [5, 5.41) is 11.6. The summed E-state index contributed by atoms with van der Waals surface area (Å²) >= 11 is 0. The number of ether oxygens (including phenoxy) is 2. The molecule has 4 N–H and O–H groups in total. The Kier molecular flexibility index (Phi) is 8.99. The zero-order valence-corrected chi connectivity index (χ0v) is 16.6. The van der Waals surface area contributed by atoms with Crippen LogP contribution in [0.2, 0.25) is 0 Å². The fourth-order valence-electron chi connectivity index (χ4n) is 2.67. The molecule has 2 rings (SSSR count). The van der Waals surface area contributed by atoms with Crippen molar-refractivity contribution in [2.75, 3.05) is 32.9 Å². The number of nitrogens with two attached hydrogens (primary N) is 1. The minimum absolute atomic E-state index is 0.100. The molecule has 0 radical (unpaired) electrons. The van der Waals surface area contributed by atoms with Gasteiger partial charge >= 0.3 is 0 Å². The van der Waals surface area contributed by atoms with Gasteiger partial charge in [0, 0.05) is 26.3 Å². The van der Waals surface area contributed by atoms with Gasteiger partial charge in [-0.15, -0.1) is 0 Å². The van der Waals surface area contributed by atoms with Crippen molar-refractivity contribution in [2.24, 2.45) is 10.1 Å². The molecule has 1 aromatic rings. The lowest BCUT2D eigenvalue weighted by atomic mass is 10.2. The summed E-state index contributed by atoms with van der Waals surface area (Å²) in [4.78, 5) is 4.61. The van der Waals surface area contributed by atoms with E-state index < -0.39 is 10.0 Å². The van der Waals surface area contributed by atoms with Crippen molar-refractivity contribution in [3.8, 4) is 0 Å². The minimum atomic E-state index is -3.67. The number of sulfonamides is 1. The van der Waals surface area contributed by atoms with E-state index in [-0.39, 0.29) is 11.0 Å². The Labute approximate surface area is 161 Å². The molecule has 0 saturated carbocycles. The smallest absolute Gasteiger partial charge is 0.238 e. The van der Waals surface area contributed by atoms with Crippen molar-refractivity contribution in [1.82, 2.24) is 10.6 Å². The number of nitrogens with one attached hydrogen (secondary N) is 2. The Hall–Kier alpha value is -1.68. The quantitative estimate of drug-likeness (QED) is 0.307. The third kappa shape index (κ3) is 8.25. The zero-order valence-electron chi connectivity index (χ0n) is 15.8. The summed E-state index contributed by atoms with van der Waals surface area (Å²) < 4.78 is 33.7. The maximum absolute atomic E-state index is 11.3. The Morgan fingerprint density at radius 2 is 2.11 bits per heavy atom. The highest BCUT2D eigenvalue weighted by atomic mass is 32.2. The molecule has 1 unspecified atom stereocenters. The fraction of sp³-hybridized carbons (Fsp3) is 0.611. The average Bonchev–Trinajstić information content (AvgIpc) is 3.15. The molecule has 27 heavy (non-hydrogen) atoms. The van der Waals surface area contributed by atoms with E-state index in [9.17, 15) is 8.42 Å². The van der Waals surface area contributed by atoms with Crippen LogP contribution in [-0.2, 0) is 26.0 Å². The molecule has 0 aliphatic carbocycles. The van der Waals surface area contributed by atoms with Gasteiger partial charge in [-0.25, -0.2) is 18.5 Å². The van der Waals surface area contributed by atoms with Crippen molar-refractivity contribution < 1.29 is 17.9 Å². The topological polar surface area (TPSA) is 115 Å². The molecule has 1 heterocycles.